The average molecular weight is 308 g/mol. The van der Waals surface area contributed by atoms with Gasteiger partial charge in [0.2, 0.25) is 5.91 Å². The fourth-order valence-corrected chi connectivity index (χ4v) is 3.10. The minimum atomic E-state index is -0.884. The van der Waals surface area contributed by atoms with Crippen molar-refractivity contribution in [1.82, 2.24) is 9.80 Å². The van der Waals surface area contributed by atoms with Gasteiger partial charge in [0.15, 0.2) is 0 Å². The van der Waals surface area contributed by atoms with Gasteiger partial charge in [-0.05, 0) is 12.6 Å². The Morgan fingerprint density at radius 3 is 2.62 bits per heavy atom. The molecule has 0 saturated carbocycles. The fourth-order valence-electron chi connectivity index (χ4n) is 2.49. The number of hydrogen-bond donors (Lipinski definition) is 1. The molecule has 1 N–H and O–H groups in total. The summed E-state index contributed by atoms with van der Waals surface area (Å²) in [6, 6.07) is 10.0. The van der Waals surface area contributed by atoms with E-state index in [1.807, 2.05) is 35.2 Å². The Morgan fingerprint density at radius 2 is 1.95 bits per heavy atom. The number of nitrogens with zero attached hydrogens (tertiary/aromatic N) is 2. The summed E-state index contributed by atoms with van der Waals surface area (Å²) in [4.78, 5) is 27.0. The van der Waals surface area contributed by atoms with E-state index in [1.54, 1.807) is 0 Å². The van der Waals surface area contributed by atoms with E-state index in [0.717, 1.165) is 30.4 Å². The topological polar surface area (TPSA) is 60.9 Å². The van der Waals surface area contributed by atoms with Crippen molar-refractivity contribution in [1.29, 1.82) is 0 Å². The molecule has 1 saturated heterocycles. The highest BCUT2D eigenvalue weighted by atomic mass is 32.2. The lowest BCUT2D eigenvalue weighted by Crippen LogP contribution is -2.49. The highest BCUT2D eigenvalue weighted by Gasteiger charge is 2.29. The molecule has 1 fully saturated rings. The van der Waals surface area contributed by atoms with Crippen molar-refractivity contribution in [3.63, 3.8) is 0 Å². The highest BCUT2D eigenvalue weighted by molar-refractivity contribution is 8.00. The Labute approximate surface area is 128 Å². The summed E-state index contributed by atoms with van der Waals surface area (Å²) < 4.78 is 0. The largest absolute Gasteiger partial charge is 0.481 e. The first-order valence-corrected chi connectivity index (χ1v) is 8.06. The second kappa shape index (κ2) is 7.47. The van der Waals surface area contributed by atoms with Crippen molar-refractivity contribution in [2.24, 2.45) is 0 Å². The standard InChI is InChI=1S/C15H20N2O3S/c1-16-7-8-17(14(18)10-21-11-15(19)20)13(9-16)12-5-3-2-4-6-12/h2-6,13H,7-11H2,1H3,(H,19,20). The Morgan fingerprint density at radius 1 is 1.24 bits per heavy atom. The normalized spacial score (nSPS) is 19.5. The number of benzene rings is 1. The van der Waals surface area contributed by atoms with E-state index in [1.165, 1.54) is 0 Å². The van der Waals surface area contributed by atoms with Gasteiger partial charge in [0.05, 0.1) is 17.5 Å². The SMILES string of the molecule is CN1CCN(C(=O)CSCC(=O)O)C(c2ccccc2)C1. The number of thioether (sulfide) groups is 1. The van der Waals surface area contributed by atoms with Gasteiger partial charge < -0.3 is 14.9 Å². The van der Waals surface area contributed by atoms with Crippen LogP contribution in [0.3, 0.4) is 0 Å². The monoisotopic (exact) mass is 308 g/mol. The first kappa shape index (κ1) is 15.9. The summed E-state index contributed by atoms with van der Waals surface area (Å²) >= 11 is 1.16. The fraction of sp³-hybridized carbons (Fsp3) is 0.467. The van der Waals surface area contributed by atoms with Crippen LogP contribution in [0.5, 0.6) is 0 Å². The summed E-state index contributed by atoms with van der Waals surface area (Å²) in [7, 11) is 2.05. The molecule has 0 radical (unpaired) electrons. The Kier molecular flexibility index (Phi) is 5.64. The molecule has 0 spiro atoms. The van der Waals surface area contributed by atoms with Crippen LogP contribution in [-0.4, -0.2) is 65.0 Å². The van der Waals surface area contributed by atoms with E-state index in [-0.39, 0.29) is 23.5 Å². The summed E-state index contributed by atoms with van der Waals surface area (Å²) in [5.74, 6) is -0.677. The predicted molar refractivity (Wildman–Crippen MR) is 83.4 cm³/mol. The number of likely N-dealkylation sites (N-methyl/N-ethyl adjacent to an activating group) is 1. The zero-order chi connectivity index (χ0) is 15.2. The smallest absolute Gasteiger partial charge is 0.313 e. The van der Waals surface area contributed by atoms with Gasteiger partial charge in [-0.25, -0.2) is 0 Å². The maximum absolute atomic E-state index is 12.4. The van der Waals surface area contributed by atoms with E-state index in [0.29, 0.717) is 6.54 Å². The predicted octanol–water partition coefficient (Wildman–Crippen LogP) is 1.32. The lowest BCUT2D eigenvalue weighted by molar-refractivity contribution is -0.134. The number of carbonyl (C=O) groups is 2. The molecule has 1 aromatic carbocycles. The molecule has 2 rings (SSSR count). The van der Waals surface area contributed by atoms with Crippen LogP contribution in [0.25, 0.3) is 0 Å². The van der Waals surface area contributed by atoms with Crippen molar-refractivity contribution in [2.45, 2.75) is 6.04 Å². The third kappa shape index (κ3) is 4.47. The van der Waals surface area contributed by atoms with Crippen LogP contribution in [0, 0.1) is 0 Å². The molecule has 21 heavy (non-hydrogen) atoms. The number of carbonyl (C=O) groups excluding carboxylic acids is 1. The zero-order valence-electron chi connectivity index (χ0n) is 12.1. The quantitative estimate of drug-likeness (QED) is 0.889. The minimum absolute atomic E-state index is 0.0169. The van der Waals surface area contributed by atoms with Crippen molar-refractivity contribution < 1.29 is 14.7 Å². The first-order chi connectivity index (χ1) is 10.1. The number of carboxylic acid groups (broad SMARTS) is 1. The van der Waals surface area contributed by atoms with Crippen molar-refractivity contribution in [3.05, 3.63) is 35.9 Å². The third-order valence-electron chi connectivity index (χ3n) is 3.54. The lowest BCUT2D eigenvalue weighted by atomic mass is 10.0. The number of hydrogen-bond acceptors (Lipinski definition) is 4. The molecule has 0 aliphatic carbocycles. The van der Waals surface area contributed by atoms with Gasteiger partial charge in [-0.15, -0.1) is 11.8 Å². The minimum Gasteiger partial charge on any atom is -0.481 e. The molecule has 1 atom stereocenters. The average Bonchev–Trinajstić information content (AvgIpc) is 2.47. The molecule has 1 unspecified atom stereocenters. The summed E-state index contributed by atoms with van der Waals surface area (Å²) in [5.41, 5.74) is 1.13. The molecule has 1 heterocycles. The Balaban J connectivity index is 2.04. The molecule has 1 aliphatic heterocycles. The first-order valence-electron chi connectivity index (χ1n) is 6.90. The Bertz CT molecular complexity index is 495. The Hall–Kier alpha value is -1.53. The number of amides is 1. The highest BCUT2D eigenvalue weighted by Crippen LogP contribution is 2.25. The number of aliphatic carboxylic acids is 1. The maximum atomic E-state index is 12.4. The summed E-state index contributed by atoms with van der Waals surface area (Å²) in [5, 5.41) is 8.65. The molecule has 1 amide bonds. The van der Waals surface area contributed by atoms with Crippen molar-refractivity contribution in [3.8, 4) is 0 Å². The lowest BCUT2D eigenvalue weighted by Gasteiger charge is -2.40. The second-order valence-corrected chi connectivity index (χ2v) is 6.15. The van der Waals surface area contributed by atoms with Crippen LogP contribution in [0.2, 0.25) is 0 Å². The summed E-state index contributed by atoms with van der Waals surface area (Å²) in [6.45, 7) is 2.33. The van der Waals surface area contributed by atoms with E-state index in [4.69, 9.17) is 5.11 Å². The molecular formula is C15H20N2O3S. The van der Waals surface area contributed by atoms with Gasteiger partial charge in [-0.1, -0.05) is 30.3 Å². The molecule has 6 heteroatoms. The van der Waals surface area contributed by atoms with Crippen LogP contribution in [0.1, 0.15) is 11.6 Å². The molecule has 1 aliphatic rings. The maximum Gasteiger partial charge on any atom is 0.313 e. The van der Waals surface area contributed by atoms with Crippen LogP contribution in [-0.2, 0) is 9.59 Å². The molecule has 114 valence electrons. The van der Waals surface area contributed by atoms with Crippen LogP contribution >= 0.6 is 11.8 Å². The molecule has 5 nitrogen and oxygen atoms in total. The second-order valence-electron chi connectivity index (χ2n) is 5.16. The number of rotatable bonds is 5. The molecular weight excluding hydrogens is 288 g/mol. The van der Waals surface area contributed by atoms with E-state index in [2.05, 4.69) is 11.9 Å². The van der Waals surface area contributed by atoms with E-state index in [9.17, 15) is 9.59 Å². The van der Waals surface area contributed by atoms with Gasteiger partial charge in [-0.2, -0.15) is 0 Å². The van der Waals surface area contributed by atoms with Gasteiger partial charge in [0, 0.05) is 19.6 Å². The zero-order valence-corrected chi connectivity index (χ0v) is 12.9. The van der Waals surface area contributed by atoms with Gasteiger partial charge in [0.25, 0.3) is 0 Å². The van der Waals surface area contributed by atoms with Gasteiger partial charge in [-0.3, -0.25) is 9.59 Å². The van der Waals surface area contributed by atoms with Gasteiger partial charge in [0.1, 0.15) is 0 Å². The number of carboxylic acids is 1. The van der Waals surface area contributed by atoms with Crippen LogP contribution in [0.15, 0.2) is 30.3 Å². The van der Waals surface area contributed by atoms with Gasteiger partial charge >= 0.3 is 5.97 Å². The number of piperazine rings is 1. The molecule has 0 bridgehead atoms. The summed E-state index contributed by atoms with van der Waals surface area (Å²) in [6.07, 6.45) is 0. The van der Waals surface area contributed by atoms with Crippen LogP contribution in [0.4, 0.5) is 0 Å². The third-order valence-corrected chi connectivity index (χ3v) is 4.44. The van der Waals surface area contributed by atoms with Crippen molar-refractivity contribution >= 4 is 23.6 Å². The van der Waals surface area contributed by atoms with Crippen molar-refractivity contribution in [2.75, 3.05) is 38.2 Å². The van der Waals surface area contributed by atoms with E-state index < -0.39 is 5.97 Å². The van der Waals surface area contributed by atoms with Crippen LogP contribution < -0.4 is 0 Å². The molecule has 1 aromatic rings. The molecule has 0 aromatic heterocycles. The van der Waals surface area contributed by atoms with E-state index >= 15 is 0 Å².